The van der Waals surface area contributed by atoms with Gasteiger partial charge in [-0.05, 0) is 37.2 Å². The Labute approximate surface area is 93.7 Å². The highest BCUT2D eigenvalue weighted by Gasteiger charge is 2.32. The van der Waals surface area contributed by atoms with Gasteiger partial charge in [-0.1, -0.05) is 27.2 Å². The van der Waals surface area contributed by atoms with Crippen molar-refractivity contribution in [2.24, 2.45) is 17.8 Å². The summed E-state index contributed by atoms with van der Waals surface area (Å²) in [5.41, 5.74) is 0. The fraction of sp³-hybridized carbons (Fsp3) is 0.846. The standard InChI is InChI=1S/C13H24O2/c1-9(2)12-7-6-10(3)8-13(12)15-11(4)14-5/h9-10,12-13H,4,6-8H2,1-3,5H3/t10-,12+,13-/m1/s1. The molecule has 0 saturated heterocycles. The largest absolute Gasteiger partial charge is 0.469 e. The molecular weight excluding hydrogens is 188 g/mol. The average molecular weight is 212 g/mol. The van der Waals surface area contributed by atoms with Crippen LogP contribution < -0.4 is 0 Å². The Morgan fingerprint density at radius 3 is 2.53 bits per heavy atom. The van der Waals surface area contributed by atoms with E-state index in [2.05, 4.69) is 27.4 Å². The maximum Gasteiger partial charge on any atom is 0.271 e. The molecule has 15 heavy (non-hydrogen) atoms. The van der Waals surface area contributed by atoms with E-state index >= 15 is 0 Å². The molecule has 0 N–H and O–H groups in total. The minimum Gasteiger partial charge on any atom is -0.469 e. The van der Waals surface area contributed by atoms with Crippen LogP contribution in [-0.4, -0.2) is 13.2 Å². The van der Waals surface area contributed by atoms with Crippen LogP contribution in [0.15, 0.2) is 12.5 Å². The molecule has 1 saturated carbocycles. The maximum absolute atomic E-state index is 5.77. The van der Waals surface area contributed by atoms with Crippen LogP contribution in [0.4, 0.5) is 0 Å². The molecule has 1 aliphatic rings. The summed E-state index contributed by atoms with van der Waals surface area (Å²) < 4.78 is 10.8. The van der Waals surface area contributed by atoms with Crippen LogP contribution in [0.2, 0.25) is 0 Å². The highest BCUT2D eigenvalue weighted by molar-refractivity contribution is 4.84. The molecule has 0 radical (unpaired) electrons. The van der Waals surface area contributed by atoms with Crippen LogP contribution in [0.25, 0.3) is 0 Å². The van der Waals surface area contributed by atoms with E-state index in [1.165, 1.54) is 12.8 Å². The van der Waals surface area contributed by atoms with Crippen molar-refractivity contribution in [3.63, 3.8) is 0 Å². The van der Waals surface area contributed by atoms with Crippen molar-refractivity contribution in [1.82, 2.24) is 0 Å². The van der Waals surface area contributed by atoms with Gasteiger partial charge in [0.15, 0.2) is 0 Å². The third kappa shape index (κ3) is 3.44. The van der Waals surface area contributed by atoms with Crippen LogP contribution in [0.5, 0.6) is 0 Å². The molecule has 0 amide bonds. The van der Waals surface area contributed by atoms with E-state index in [0.717, 1.165) is 12.3 Å². The molecule has 1 aliphatic carbocycles. The molecule has 3 atom stereocenters. The normalized spacial score (nSPS) is 31.4. The van der Waals surface area contributed by atoms with Gasteiger partial charge in [-0.25, -0.2) is 0 Å². The SMILES string of the molecule is C=C(OC)O[C@@H]1C[C@H](C)CC[C@H]1C(C)C. The summed E-state index contributed by atoms with van der Waals surface area (Å²) in [5.74, 6) is 2.54. The third-order valence-electron chi connectivity index (χ3n) is 3.47. The summed E-state index contributed by atoms with van der Waals surface area (Å²) >= 11 is 0. The van der Waals surface area contributed by atoms with Crippen LogP contribution in [0.3, 0.4) is 0 Å². The van der Waals surface area contributed by atoms with Crippen molar-refractivity contribution < 1.29 is 9.47 Å². The number of hydrogen-bond donors (Lipinski definition) is 0. The molecular formula is C13H24O2. The second-order valence-electron chi connectivity index (χ2n) is 5.06. The Bertz CT molecular complexity index is 211. The highest BCUT2D eigenvalue weighted by Crippen LogP contribution is 2.36. The predicted octanol–water partition coefficient (Wildman–Crippen LogP) is 3.58. The van der Waals surface area contributed by atoms with E-state index in [1.807, 2.05) is 0 Å². The van der Waals surface area contributed by atoms with Crippen molar-refractivity contribution in [2.75, 3.05) is 7.11 Å². The smallest absolute Gasteiger partial charge is 0.271 e. The quantitative estimate of drug-likeness (QED) is 0.663. The Balaban J connectivity index is 2.57. The number of ether oxygens (including phenoxy) is 2. The summed E-state index contributed by atoms with van der Waals surface area (Å²) in [6.07, 6.45) is 4.01. The molecule has 2 heteroatoms. The van der Waals surface area contributed by atoms with E-state index in [0.29, 0.717) is 23.9 Å². The minimum atomic E-state index is 0.293. The summed E-state index contributed by atoms with van der Waals surface area (Å²) in [6.45, 7) is 10.6. The molecule has 0 bridgehead atoms. The number of methoxy groups -OCH3 is 1. The molecule has 1 fully saturated rings. The topological polar surface area (TPSA) is 18.5 Å². The second-order valence-corrected chi connectivity index (χ2v) is 5.06. The first-order valence-electron chi connectivity index (χ1n) is 5.94. The molecule has 0 spiro atoms. The molecule has 0 heterocycles. The van der Waals surface area contributed by atoms with Crippen LogP contribution in [-0.2, 0) is 9.47 Å². The zero-order valence-corrected chi connectivity index (χ0v) is 10.5. The van der Waals surface area contributed by atoms with Crippen molar-refractivity contribution in [3.05, 3.63) is 12.5 Å². The first kappa shape index (κ1) is 12.4. The molecule has 0 aliphatic heterocycles. The van der Waals surface area contributed by atoms with Gasteiger partial charge in [0, 0.05) is 0 Å². The molecule has 0 aromatic heterocycles. The van der Waals surface area contributed by atoms with Crippen molar-refractivity contribution in [1.29, 1.82) is 0 Å². The molecule has 88 valence electrons. The van der Waals surface area contributed by atoms with Gasteiger partial charge in [-0.15, -0.1) is 0 Å². The first-order valence-corrected chi connectivity index (χ1v) is 5.94. The van der Waals surface area contributed by atoms with Gasteiger partial charge >= 0.3 is 0 Å². The van der Waals surface area contributed by atoms with Crippen LogP contribution in [0, 0.1) is 17.8 Å². The third-order valence-corrected chi connectivity index (χ3v) is 3.47. The minimum absolute atomic E-state index is 0.293. The second kappa shape index (κ2) is 5.43. The lowest BCUT2D eigenvalue weighted by Crippen LogP contribution is -2.34. The molecule has 2 nitrogen and oxygen atoms in total. The van der Waals surface area contributed by atoms with Gasteiger partial charge in [0.05, 0.1) is 7.11 Å². The number of hydrogen-bond acceptors (Lipinski definition) is 2. The fourth-order valence-electron chi connectivity index (χ4n) is 2.47. The van der Waals surface area contributed by atoms with Crippen molar-refractivity contribution in [3.8, 4) is 0 Å². The van der Waals surface area contributed by atoms with Gasteiger partial charge < -0.3 is 9.47 Å². The van der Waals surface area contributed by atoms with E-state index < -0.39 is 0 Å². The fourth-order valence-corrected chi connectivity index (χ4v) is 2.47. The predicted molar refractivity (Wildman–Crippen MR) is 62.4 cm³/mol. The van der Waals surface area contributed by atoms with Crippen molar-refractivity contribution in [2.45, 2.75) is 46.1 Å². The number of rotatable bonds is 4. The van der Waals surface area contributed by atoms with Gasteiger partial charge in [0.25, 0.3) is 5.95 Å². The van der Waals surface area contributed by atoms with E-state index in [9.17, 15) is 0 Å². The summed E-state index contributed by atoms with van der Waals surface area (Å²) in [6, 6.07) is 0. The Hall–Kier alpha value is -0.660. The molecule has 0 aromatic carbocycles. The van der Waals surface area contributed by atoms with Gasteiger partial charge in [0.1, 0.15) is 6.10 Å². The first-order chi connectivity index (χ1) is 7.04. The van der Waals surface area contributed by atoms with Gasteiger partial charge in [0.2, 0.25) is 0 Å². The lowest BCUT2D eigenvalue weighted by atomic mass is 9.75. The zero-order chi connectivity index (χ0) is 11.4. The lowest BCUT2D eigenvalue weighted by Gasteiger charge is -2.37. The maximum atomic E-state index is 5.77. The molecule has 0 unspecified atom stereocenters. The van der Waals surface area contributed by atoms with E-state index in [-0.39, 0.29) is 0 Å². The lowest BCUT2D eigenvalue weighted by molar-refractivity contribution is -0.0534. The Morgan fingerprint density at radius 1 is 1.33 bits per heavy atom. The Morgan fingerprint density at radius 2 is 2.00 bits per heavy atom. The van der Waals surface area contributed by atoms with E-state index in [4.69, 9.17) is 9.47 Å². The monoisotopic (exact) mass is 212 g/mol. The van der Waals surface area contributed by atoms with Gasteiger partial charge in [-0.3, -0.25) is 0 Å². The van der Waals surface area contributed by atoms with Crippen LogP contribution in [0.1, 0.15) is 40.0 Å². The van der Waals surface area contributed by atoms with Crippen molar-refractivity contribution >= 4 is 0 Å². The average Bonchev–Trinajstić information content (AvgIpc) is 2.17. The zero-order valence-electron chi connectivity index (χ0n) is 10.5. The highest BCUT2D eigenvalue weighted by atomic mass is 16.7. The molecule has 0 aromatic rings. The van der Waals surface area contributed by atoms with Crippen LogP contribution >= 0.6 is 0 Å². The summed E-state index contributed by atoms with van der Waals surface area (Å²) in [4.78, 5) is 0. The van der Waals surface area contributed by atoms with Gasteiger partial charge in [-0.2, -0.15) is 0 Å². The molecule has 1 rings (SSSR count). The van der Waals surface area contributed by atoms with E-state index in [1.54, 1.807) is 7.11 Å². The summed E-state index contributed by atoms with van der Waals surface area (Å²) in [5, 5.41) is 0. The Kier molecular flexibility index (Phi) is 4.49. The summed E-state index contributed by atoms with van der Waals surface area (Å²) in [7, 11) is 1.61.